The quantitative estimate of drug-likeness (QED) is 0.471. The number of carbonyl (C=O) groups excluding carboxylic acids is 5. The second kappa shape index (κ2) is 8.25. The van der Waals surface area contributed by atoms with Crippen molar-refractivity contribution >= 4 is 29.6 Å². The second-order valence-electron chi connectivity index (χ2n) is 9.67. The number of benzene rings is 1. The van der Waals surface area contributed by atoms with Gasteiger partial charge in [-0.05, 0) is 49.4 Å². The van der Waals surface area contributed by atoms with E-state index in [0.717, 1.165) is 18.4 Å². The molecule has 0 spiro atoms. The summed E-state index contributed by atoms with van der Waals surface area (Å²) in [6.45, 7) is 0.237. The van der Waals surface area contributed by atoms with E-state index in [2.05, 4.69) is 15.6 Å². The molecule has 4 amide bonds. The van der Waals surface area contributed by atoms with Gasteiger partial charge in [-0.1, -0.05) is 5.21 Å². The summed E-state index contributed by atoms with van der Waals surface area (Å²) in [7, 11) is 1.36. The third-order valence-corrected chi connectivity index (χ3v) is 7.76. The zero-order chi connectivity index (χ0) is 25.1. The summed E-state index contributed by atoms with van der Waals surface area (Å²) in [4.78, 5) is 65.2. The van der Waals surface area contributed by atoms with Crippen molar-refractivity contribution in [2.45, 2.75) is 56.8 Å². The molecule has 186 valence electrons. The van der Waals surface area contributed by atoms with Gasteiger partial charge in [-0.3, -0.25) is 29.3 Å². The van der Waals surface area contributed by atoms with E-state index in [4.69, 9.17) is 4.74 Å². The van der Waals surface area contributed by atoms with Gasteiger partial charge in [-0.25, -0.2) is 4.68 Å². The molecule has 5 heterocycles. The lowest BCUT2D eigenvalue weighted by atomic mass is 9.89. The summed E-state index contributed by atoms with van der Waals surface area (Å²) in [5, 5.41) is 10.5. The highest BCUT2D eigenvalue weighted by molar-refractivity contribution is 6.05. The van der Waals surface area contributed by atoms with Crippen LogP contribution in [0.2, 0.25) is 0 Å². The zero-order valence-corrected chi connectivity index (χ0v) is 19.5. The molecule has 12 nitrogen and oxygen atoms in total. The van der Waals surface area contributed by atoms with Gasteiger partial charge in [0, 0.05) is 30.6 Å². The Morgan fingerprint density at radius 1 is 1.14 bits per heavy atom. The third kappa shape index (κ3) is 3.39. The normalized spacial score (nSPS) is 26.9. The van der Waals surface area contributed by atoms with E-state index in [0.29, 0.717) is 24.1 Å². The Kier molecular flexibility index (Phi) is 5.13. The molecule has 3 fully saturated rings. The van der Waals surface area contributed by atoms with Gasteiger partial charge in [0.15, 0.2) is 5.69 Å². The van der Waals surface area contributed by atoms with Crippen LogP contribution in [-0.2, 0) is 25.7 Å². The minimum atomic E-state index is -0.689. The highest BCUT2D eigenvalue weighted by Crippen LogP contribution is 2.43. The Morgan fingerprint density at radius 3 is 2.75 bits per heavy atom. The molecular formula is C24H24N6O6. The predicted molar refractivity (Wildman–Crippen MR) is 121 cm³/mol. The molecule has 3 saturated heterocycles. The van der Waals surface area contributed by atoms with Crippen molar-refractivity contribution < 1.29 is 28.7 Å². The van der Waals surface area contributed by atoms with Crippen LogP contribution in [-0.4, -0.2) is 79.6 Å². The molecular weight excluding hydrogens is 468 g/mol. The van der Waals surface area contributed by atoms with Crippen molar-refractivity contribution in [2.24, 2.45) is 5.92 Å². The maximum Gasteiger partial charge on any atom is 0.310 e. The fourth-order valence-corrected chi connectivity index (χ4v) is 6.03. The van der Waals surface area contributed by atoms with E-state index < -0.39 is 11.9 Å². The number of rotatable bonds is 4. The first-order chi connectivity index (χ1) is 17.4. The number of carbonyl (C=O) groups is 5. The molecule has 12 heteroatoms. The van der Waals surface area contributed by atoms with Gasteiger partial charge < -0.3 is 14.5 Å². The number of piperidine rings is 1. The minimum absolute atomic E-state index is 0.0129. The average molecular weight is 492 g/mol. The van der Waals surface area contributed by atoms with Crippen LogP contribution in [0.25, 0.3) is 5.69 Å². The number of ether oxygens (including phenoxy) is 1. The van der Waals surface area contributed by atoms with Crippen molar-refractivity contribution in [3.05, 3.63) is 41.2 Å². The van der Waals surface area contributed by atoms with E-state index in [-0.39, 0.29) is 60.4 Å². The van der Waals surface area contributed by atoms with Crippen LogP contribution in [0, 0.1) is 5.92 Å². The van der Waals surface area contributed by atoms with Crippen LogP contribution in [0.5, 0.6) is 0 Å². The standard InChI is InChI=1S/C24H24N6O6/c1-36-24(35)16-9-14-3-5-18(16)30(14)23(34)17-11-29(27-26-17)13-2-4-15-12(8-13)10-28(22(15)33)19-6-7-20(31)25-21(19)32/h2,4,8,11,14,16,18-19H,3,5-7,9-10H2,1H3,(H,25,31,32)/t14-,16-,18+,19?/m1/s1. The summed E-state index contributed by atoms with van der Waals surface area (Å²) in [6.07, 6.45) is 4.23. The molecule has 36 heavy (non-hydrogen) atoms. The number of aromatic nitrogens is 3. The Morgan fingerprint density at radius 2 is 1.97 bits per heavy atom. The van der Waals surface area contributed by atoms with Crippen LogP contribution in [0.4, 0.5) is 0 Å². The highest BCUT2D eigenvalue weighted by atomic mass is 16.5. The molecule has 0 aliphatic carbocycles. The molecule has 1 N–H and O–H groups in total. The largest absolute Gasteiger partial charge is 0.469 e. The molecule has 0 radical (unpaired) electrons. The molecule has 0 saturated carbocycles. The average Bonchev–Trinajstić information content (AvgIpc) is 3.66. The summed E-state index contributed by atoms with van der Waals surface area (Å²) >= 11 is 0. The lowest BCUT2D eigenvalue weighted by molar-refractivity contribution is -0.146. The molecule has 1 unspecified atom stereocenters. The smallest absolute Gasteiger partial charge is 0.310 e. The Bertz CT molecular complexity index is 1320. The number of fused-ring (bicyclic) bond motifs is 3. The third-order valence-electron chi connectivity index (χ3n) is 7.76. The first-order valence-corrected chi connectivity index (χ1v) is 12.0. The summed E-state index contributed by atoms with van der Waals surface area (Å²) < 4.78 is 6.38. The van der Waals surface area contributed by atoms with Crippen molar-refractivity contribution in [1.82, 2.24) is 30.1 Å². The van der Waals surface area contributed by atoms with Gasteiger partial charge in [0.1, 0.15) is 6.04 Å². The van der Waals surface area contributed by atoms with E-state index in [1.807, 2.05) is 0 Å². The number of imide groups is 1. The molecule has 1 aromatic heterocycles. The van der Waals surface area contributed by atoms with Crippen molar-refractivity contribution in [1.29, 1.82) is 0 Å². The van der Waals surface area contributed by atoms with Crippen molar-refractivity contribution in [3.8, 4) is 5.69 Å². The Hall–Kier alpha value is -4.09. The number of nitrogens with one attached hydrogen (secondary N) is 1. The van der Waals surface area contributed by atoms with Crippen LogP contribution in [0.15, 0.2) is 24.4 Å². The first-order valence-electron chi connectivity index (χ1n) is 12.0. The van der Waals surface area contributed by atoms with Crippen molar-refractivity contribution in [2.75, 3.05) is 7.11 Å². The molecule has 2 aromatic rings. The lowest BCUT2D eigenvalue weighted by Gasteiger charge is -2.29. The fourth-order valence-electron chi connectivity index (χ4n) is 6.03. The van der Waals surface area contributed by atoms with Gasteiger partial charge in [-0.2, -0.15) is 0 Å². The van der Waals surface area contributed by atoms with E-state index in [1.165, 1.54) is 16.7 Å². The fraction of sp³-hybridized carbons (Fsp3) is 0.458. The van der Waals surface area contributed by atoms with Gasteiger partial charge >= 0.3 is 5.97 Å². The van der Waals surface area contributed by atoms with Crippen LogP contribution < -0.4 is 5.32 Å². The van der Waals surface area contributed by atoms with Gasteiger partial charge in [0.2, 0.25) is 11.8 Å². The molecule has 4 aliphatic rings. The second-order valence-corrected chi connectivity index (χ2v) is 9.67. The van der Waals surface area contributed by atoms with E-state index in [9.17, 15) is 24.0 Å². The Balaban J connectivity index is 1.20. The summed E-state index contributed by atoms with van der Waals surface area (Å²) in [5.41, 5.74) is 2.01. The molecule has 6 rings (SSSR count). The number of amides is 4. The molecule has 1 aromatic carbocycles. The Labute approximate surface area is 205 Å². The maximum absolute atomic E-state index is 13.3. The monoisotopic (exact) mass is 492 g/mol. The first kappa shape index (κ1) is 22.4. The number of nitrogens with zero attached hydrogens (tertiary/aromatic N) is 5. The predicted octanol–water partition coefficient (Wildman–Crippen LogP) is 0.194. The van der Waals surface area contributed by atoms with Gasteiger partial charge in [0.25, 0.3) is 11.8 Å². The zero-order valence-electron chi connectivity index (χ0n) is 19.5. The molecule has 2 bridgehead atoms. The van der Waals surface area contributed by atoms with E-state index >= 15 is 0 Å². The van der Waals surface area contributed by atoms with Gasteiger partial charge in [-0.15, -0.1) is 5.10 Å². The van der Waals surface area contributed by atoms with Crippen LogP contribution in [0.3, 0.4) is 0 Å². The highest BCUT2D eigenvalue weighted by Gasteiger charge is 2.52. The topological polar surface area (TPSA) is 144 Å². The number of hydrogen-bond donors (Lipinski definition) is 1. The summed E-state index contributed by atoms with van der Waals surface area (Å²) in [6, 6.07) is 4.27. The summed E-state index contributed by atoms with van der Waals surface area (Å²) in [5.74, 6) is -1.91. The number of methoxy groups -OCH3 is 1. The lowest BCUT2D eigenvalue weighted by Crippen LogP contribution is -2.52. The molecule has 4 atom stereocenters. The van der Waals surface area contributed by atoms with E-state index in [1.54, 1.807) is 29.3 Å². The maximum atomic E-state index is 13.3. The molecule has 4 aliphatic heterocycles. The SMILES string of the molecule is COC(=O)[C@@H]1C[C@H]2CC[C@@H]1N2C(=O)c1cn(-c2ccc3c(c2)CN(C2CCC(=O)NC2=O)C3=O)nn1. The minimum Gasteiger partial charge on any atom is -0.469 e. The number of hydrogen-bond acceptors (Lipinski definition) is 8. The van der Waals surface area contributed by atoms with Crippen molar-refractivity contribution in [3.63, 3.8) is 0 Å². The van der Waals surface area contributed by atoms with Gasteiger partial charge in [0.05, 0.1) is 24.9 Å². The van der Waals surface area contributed by atoms with Crippen LogP contribution >= 0.6 is 0 Å². The number of esters is 1. The van der Waals surface area contributed by atoms with Crippen LogP contribution in [0.1, 0.15) is 58.5 Å².